The summed E-state index contributed by atoms with van der Waals surface area (Å²) in [5.74, 6) is -0.701. The lowest BCUT2D eigenvalue weighted by Gasteiger charge is -2.16. The highest BCUT2D eigenvalue weighted by Gasteiger charge is 2.22. The molecule has 0 aliphatic rings. The molecule has 0 spiro atoms. The van der Waals surface area contributed by atoms with Crippen molar-refractivity contribution in [1.82, 2.24) is 10.6 Å². The molecule has 0 unspecified atom stereocenters. The first-order valence-corrected chi connectivity index (χ1v) is 10.4. The Morgan fingerprint density at radius 3 is 2.69 bits per heavy atom. The van der Waals surface area contributed by atoms with E-state index in [0.717, 1.165) is 10.1 Å². The van der Waals surface area contributed by atoms with Crippen molar-refractivity contribution in [1.29, 1.82) is 0 Å². The second kappa shape index (κ2) is 9.80. The molecular formula is C17H19ClN2O4S2. The quantitative estimate of drug-likeness (QED) is 0.649. The number of fused-ring (bicyclic) bond motifs is 1. The Labute approximate surface area is 164 Å². The van der Waals surface area contributed by atoms with Crippen LogP contribution in [-0.2, 0) is 14.3 Å². The minimum atomic E-state index is -0.732. The summed E-state index contributed by atoms with van der Waals surface area (Å²) < 4.78 is 5.59. The molecule has 1 atom stereocenters. The molecule has 6 nitrogen and oxygen atoms in total. The van der Waals surface area contributed by atoms with Crippen LogP contribution in [0.4, 0.5) is 0 Å². The molecule has 0 saturated carbocycles. The van der Waals surface area contributed by atoms with Gasteiger partial charge >= 0.3 is 5.97 Å². The van der Waals surface area contributed by atoms with Gasteiger partial charge in [0.2, 0.25) is 5.91 Å². The van der Waals surface area contributed by atoms with Gasteiger partial charge in [0.1, 0.15) is 10.9 Å². The molecular weight excluding hydrogens is 396 g/mol. The molecule has 26 heavy (non-hydrogen) atoms. The summed E-state index contributed by atoms with van der Waals surface area (Å²) in [7, 11) is 1.27. The number of nitrogens with one attached hydrogen (secondary N) is 2. The van der Waals surface area contributed by atoms with Gasteiger partial charge < -0.3 is 15.4 Å². The summed E-state index contributed by atoms with van der Waals surface area (Å²) >= 11 is 9.08. The SMILES string of the molecule is COC(=O)[C@@H](CCSC)NC(=O)CNC(=O)c1sc2ccccc2c1Cl. The molecule has 0 fully saturated rings. The number of thiophene rings is 1. The molecule has 1 aromatic carbocycles. The number of hydrogen-bond acceptors (Lipinski definition) is 6. The highest BCUT2D eigenvalue weighted by molar-refractivity contribution is 7.98. The van der Waals surface area contributed by atoms with Gasteiger partial charge in [-0.15, -0.1) is 11.3 Å². The first kappa shape index (κ1) is 20.5. The molecule has 0 radical (unpaired) electrons. The second-order valence-electron chi connectivity index (χ2n) is 5.35. The summed E-state index contributed by atoms with van der Waals surface area (Å²) in [6, 6.07) is 6.69. The number of benzene rings is 1. The number of amides is 2. The fraction of sp³-hybridized carbons (Fsp3) is 0.353. The zero-order chi connectivity index (χ0) is 19.1. The van der Waals surface area contributed by atoms with Gasteiger partial charge in [-0.25, -0.2) is 4.79 Å². The number of methoxy groups -OCH3 is 1. The summed E-state index contributed by atoms with van der Waals surface area (Å²) in [5.41, 5.74) is 0. The van der Waals surface area contributed by atoms with Crippen molar-refractivity contribution < 1.29 is 19.1 Å². The van der Waals surface area contributed by atoms with E-state index in [4.69, 9.17) is 11.6 Å². The highest BCUT2D eigenvalue weighted by atomic mass is 35.5. The Morgan fingerprint density at radius 2 is 2.04 bits per heavy atom. The molecule has 1 aromatic heterocycles. The van der Waals surface area contributed by atoms with Crippen molar-refractivity contribution in [3.63, 3.8) is 0 Å². The predicted molar refractivity (Wildman–Crippen MR) is 106 cm³/mol. The van der Waals surface area contributed by atoms with Crippen LogP contribution in [0.25, 0.3) is 10.1 Å². The van der Waals surface area contributed by atoms with Crippen LogP contribution in [0.2, 0.25) is 5.02 Å². The van der Waals surface area contributed by atoms with Crippen LogP contribution < -0.4 is 10.6 Å². The zero-order valence-corrected chi connectivity index (χ0v) is 16.7. The Balaban J connectivity index is 1.95. The largest absolute Gasteiger partial charge is 0.467 e. The Morgan fingerprint density at radius 1 is 1.31 bits per heavy atom. The highest BCUT2D eigenvalue weighted by Crippen LogP contribution is 2.34. The van der Waals surface area contributed by atoms with Crippen LogP contribution in [0.15, 0.2) is 24.3 Å². The maximum atomic E-state index is 12.3. The third kappa shape index (κ3) is 5.12. The lowest BCUT2D eigenvalue weighted by Crippen LogP contribution is -2.46. The number of carbonyl (C=O) groups excluding carboxylic acids is 3. The number of hydrogen-bond donors (Lipinski definition) is 2. The van der Waals surface area contributed by atoms with Gasteiger partial charge in [-0.3, -0.25) is 9.59 Å². The van der Waals surface area contributed by atoms with Gasteiger partial charge in [0.15, 0.2) is 0 Å². The number of rotatable bonds is 8. The third-order valence-corrected chi connectivity index (χ3v) is 5.90. The maximum Gasteiger partial charge on any atom is 0.328 e. The summed E-state index contributed by atoms with van der Waals surface area (Å²) in [6.45, 7) is -0.254. The van der Waals surface area contributed by atoms with Gasteiger partial charge in [-0.2, -0.15) is 11.8 Å². The van der Waals surface area contributed by atoms with Crippen LogP contribution in [0, 0.1) is 0 Å². The van der Waals surface area contributed by atoms with Crippen molar-refractivity contribution in [3.05, 3.63) is 34.2 Å². The molecule has 9 heteroatoms. The van der Waals surface area contributed by atoms with E-state index in [1.54, 1.807) is 11.8 Å². The molecule has 0 aliphatic heterocycles. The molecule has 2 amide bonds. The van der Waals surface area contributed by atoms with Crippen molar-refractivity contribution >= 4 is 62.6 Å². The Bertz CT molecular complexity index is 809. The molecule has 2 rings (SSSR count). The molecule has 0 saturated heterocycles. The standard InChI is InChI=1S/C17H19ClN2O4S2/c1-24-17(23)11(7-8-25-2)20-13(21)9-19-16(22)15-14(18)10-5-3-4-6-12(10)26-15/h3-6,11H,7-9H2,1-2H3,(H,19,22)(H,20,21)/t11-/m1/s1. The predicted octanol–water partition coefficient (Wildman–Crippen LogP) is 2.70. The number of carbonyl (C=O) groups is 3. The van der Waals surface area contributed by atoms with E-state index in [9.17, 15) is 14.4 Å². The lowest BCUT2D eigenvalue weighted by atomic mass is 10.2. The van der Waals surface area contributed by atoms with E-state index in [0.29, 0.717) is 22.1 Å². The number of ether oxygens (including phenoxy) is 1. The lowest BCUT2D eigenvalue weighted by molar-refractivity contribution is -0.145. The summed E-state index contributed by atoms with van der Waals surface area (Å²) in [4.78, 5) is 36.4. The third-order valence-electron chi connectivity index (χ3n) is 3.58. The first-order valence-electron chi connectivity index (χ1n) is 7.79. The van der Waals surface area contributed by atoms with Crippen molar-refractivity contribution in [2.75, 3.05) is 25.7 Å². The van der Waals surface area contributed by atoms with E-state index in [2.05, 4.69) is 15.4 Å². The molecule has 140 valence electrons. The van der Waals surface area contributed by atoms with Gasteiger partial charge in [-0.05, 0) is 24.5 Å². The van der Waals surface area contributed by atoms with Crippen LogP contribution >= 0.6 is 34.7 Å². The van der Waals surface area contributed by atoms with Gasteiger partial charge in [-0.1, -0.05) is 29.8 Å². The molecule has 0 bridgehead atoms. The average Bonchev–Trinajstić information content (AvgIpc) is 2.99. The van der Waals surface area contributed by atoms with Crippen LogP contribution in [-0.4, -0.2) is 49.5 Å². The van der Waals surface area contributed by atoms with Gasteiger partial charge in [0.25, 0.3) is 5.91 Å². The molecule has 2 aromatic rings. The van der Waals surface area contributed by atoms with Crippen LogP contribution in [0.5, 0.6) is 0 Å². The number of esters is 1. The zero-order valence-electron chi connectivity index (χ0n) is 14.3. The minimum absolute atomic E-state index is 0.254. The van der Waals surface area contributed by atoms with E-state index in [1.165, 1.54) is 18.4 Å². The number of thioether (sulfide) groups is 1. The van der Waals surface area contributed by atoms with E-state index in [-0.39, 0.29) is 6.54 Å². The first-order chi connectivity index (χ1) is 12.5. The fourth-order valence-corrected chi connectivity index (χ4v) is 4.18. The Hall–Kier alpha value is -1.77. The Kier molecular flexibility index (Phi) is 7.74. The van der Waals surface area contributed by atoms with Crippen LogP contribution in [0.3, 0.4) is 0 Å². The monoisotopic (exact) mass is 414 g/mol. The van der Waals surface area contributed by atoms with Crippen molar-refractivity contribution in [2.45, 2.75) is 12.5 Å². The summed E-state index contributed by atoms with van der Waals surface area (Å²) in [5, 5.41) is 6.29. The number of halogens is 1. The van der Waals surface area contributed by atoms with Gasteiger partial charge in [0, 0.05) is 10.1 Å². The van der Waals surface area contributed by atoms with Crippen molar-refractivity contribution in [2.24, 2.45) is 0 Å². The minimum Gasteiger partial charge on any atom is -0.467 e. The van der Waals surface area contributed by atoms with E-state index < -0.39 is 23.8 Å². The van der Waals surface area contributed by atoms with Crippen LogP contribution in [0.1, 0.15) is 16.1 Å². The van der Waals surface area contributed by atoms with E-state index in [1.807, 2.05) is 30.5 Å². The van der Waals surface area contributed by atoms with Gasteiger partial charge in [0.05, 0.1) is 18.7 Å². The molecule has 2 N–H and O–H groups in total. The smallest absolute Gasteiger partial charge is 0.328 e. The second-order valence-corrected chi connectivity index (χ2v) is 7.76. The summed E-state index contributed by atoms with van der Waals surface area (Å²) in [6.07, 6.45) is 2.36. The molecule has 0 aliphatic carbocycles. The topological polar surface area (TPSA) is 84.5 Å². The van der Waals surface area contributed by atoms with Crippen molar-refractivity contribution in [3.8, 4) is 0 Å². The molecule has 1 heterocycles. The van der Waals surface area contributed by atoms with E-state index >= 15 is 0 Å². The normalized spacial score (nSPS) is 11.8. The fourth-order valence-electron chi connectivity index (χ4n) is 2.27. The average molecular weight is 415 g/mol. The maximum absolute atomic E-state index is 12.3.